The van der Waals surface area contributed by atoms with Crippen LogP contribution in [0.25, 0.3) is 0 Å². The van der Waals surface area contributed by atoms with E-state index in [0.29, 0.717) is 6.54 Å². The highest BCUT2D eigenvalue weighted by molar-refractivity contribution is 5.78. The Hall–Kier alpha value is -1.08. The summed E-state index contributed by atoms with van der Waals surface area (Å²) in [5.41, 5.74) is 0. The molecule has 1 heterocycles. The lowest BCUT2D eigenvalue weighted by Crippen LogP contribution is -2.42. The summed E-state index contributed by atoms with van der Waals surface area (Å²) in [5.74, 6) is 0.0595. The molecule has 1 saturated heterocycles. The number of hydrogen-bond donors (Lipinski definition) is 1. The smallest absolute Gasteiger partial charge is 0.236 e. The van der Waals surface area contributed by atoms with E-state index < -0.39 is 0 Å². The maximum absolute atomic E-state index is 11.4. The Morgan fingerprint density at radius 2 is 2.50 bits per heavy atom. The quantitative estimate of drug-likeness (QED) is 0.700. The van der Waals surface area contributed by atoms with Crippen LogP contribution >= 0.6 is 0 Å². The van der Waals surface area contributed by atoms with Crippen molar-refractivity contribution in [3.8, 4) is 6.07 Å². The summed E-state index contributed by atoms with van der Waals surface area (Å²) >= 11 is 0. The van der Waals surface area contributed by atoms with E-state index in [0.717, 1.165) is 19.4 Å². The molecule has 0 bridgehead atoms. The van der Waals surface area contributed by atoms with Gasteiger partial charge < -0.3 is 10.0 Å². The molecule has 4 heteroatoms. The van der Waals surface area contributed by atoms with Crippen LogP contribution in [-0.4, -0.2) is 35.1 Å². The van der Waals surface area contributed by atoms with Crippen LogP contribution < -0.4 is 0 Å². The third-order valence-electron chi connectivity index (χ3n) is 2.72. The fraction of sp³-hybridized carbons (Fsp3) is 0.800. The SMILES string of the molecule is CC(O)C1CCCN(C(=O)CC#N)C1. The second kappa shape index (κ2) is 4.97. The highest BCUT2D eigenvalue weighted by atomic mass is 16.3. The normalized spacial score (nSPS) is 24.1. The van der Waals surface area contributed by atoms with E-state index in [2.05, 4.69) is 0 Å². The van der Waals surface area contributed by atoms with Gasteiger partial charge in [0.2, 0.25) is 5.91 Å². The minimum Gasteiger partial charge on any atom is -0.393 e. The molecule has 1 N–H and O–H groups in total. The van der Waals surface area contributed by atoms with Crippen molar-refractivity contribution in [2.75, 3.05) is 13.1 Å². The summed E-state index contributed by atoms with van der Waals surface area (Å²) in [6, 6.07) is 1.86. The Bertz CT molecular complexity index is 245. The average Bonchev–Trinajstić information content (AvgIpc) is 2.18. The van der Waals surface area contributed by atoms with Crippen molar-refractivity contribution in [3.63, 3.8) is 0 Å². The van der Waals surface area contributed by atoms with Gasteiger partial charge in [-0.3, -0.25) is 4.79 Å². The molecule has 2 unspecified atom stereocenters. The number of nitrogens with zero attached hydrogens (tertiary/aromatic N) is 2. The molecule has 1 rings (SSSR count). The van der Waals surface area contributed by atoms with Gasteiger partial charge >= 0.3 is 0 Å². The molecule has 0 aromatic carbocycles. The van der Waals surface area contributed by atoms with Crippen LogP contribution in [0.5, 0.6) is 0 Å². The predicted molar refractivity (Wildman–Crippen MR) is 51.2 cm³/mol. The average molecular weight is 196 g/mol. The first-order valence-corrected chi connectivity index (χ1v) is 4.98. The van der Waals surface area contributed by atoms with Gasteiger partial charge in [0, 0.05) is 19.0 Å². The minimum atomic E-state index is -0.368. The highest BCUT2D eigenvalue weighted by Gasteiger charge is 2.25. The van der Waals surface area contributed by atoms with Crippen molar-refractivity contribution in [3.05, 3.63) is 0 Å². The Kier molecular flexibility index (Phi) is 3.90. The molecule has 1 aliphatic heterocycles. The Morgan fingerprint density at radius 3 is 3.07 bits per heavy atom. The molecule has 2 atom stereocenters. The number of rotatable bonds is 2. The van der Waals surface area contributed by atoms with E-state index >= 15 is 0 Å². The van der Waals surface area contributed by atoms with E-state index in [1.165, 1.54) is 0 Å². The zero-order valence-electron chi connectivity index (χ0n) is 8.44. The van der Waals surface area contributed by atoms with Crippen molar-refractivity contribution < 1.29 is 9.90 Å². The lowest BCUT2D eigenvalue weighted by atomic mass is 9.93. The molecule has 0 spiro atoms. The van der Waals surface area contributed by atoms with Gasteiger partial charge in [0.1, 0.15) is 6.42 Å². The monoisotopic (exact) mass is 196 g/mol. The van der Waals surface area contributed by atoms with Gasteiger partial charge in [-0.05, 0) is 19.8 Å². The molecule has 0 aromatic heterocycles. The number of piperidine rings is 1. The largest absolute Gasteiger partial charge is 0.393 e. The zero-order chi connectivity index (χ0) is 10.6. The van der Waals surface area contributed by atoms with Gasteiger partial charge in [0.15, 0.2) is 0 Å². The first-order valence-electron chi connectivity index (χ1n) is 4.98. The predicted octanol–water partition coefficient (Wildman–Crippen LogP) is 0.519. The molecule has 4 nitrogen and oxygen atoms in total. The number of aliphatic hydroxyl groups excluding tert-OH is 1. The molecule has 1 aliphatic rings. The Morgan fingerprint density at radius 1 is 1.79 bits per heavy atom. The number of carbonyl (C=O) groups excluding carboxylic acids is 1. The second-order valence-corrected chi connectivity index (χ2v) is 3.82. The lowest BCUT2D eigenvalue weighted by Gasteiger charge is -2.33. The molecule has 0 radical (unpaired) electrons. The van der Waals surface area contributed by atoms with Gasteiger partial charge in [0.25, 0.3) is 0 Å². The van der Waals surface area contributed by atoms with E-state index in [1.807, 2.05) is 6.07 Å². The van der Waals surface area contributed by atoms with Gasteiger partial charge in [0.05, 0.1) is 12.2 Å². The van der Waals surface area contributed by atoms with Crippen molar-refractivity contribution in [1.82, 2.24) is 4.90 Å². The van der Waals surface area contributed by atoms with Crippen LogP contribution in [0.4, 0.5) is 0 Å². The summed E-state index contributed by atoms with van der Waals surface area (Å²) in [4.78, 5) is 13.1. The van der Waals surface area contributed by atoms with Crippen LogP contribution in [0.3, 0.4) is 0 Å². The molecule has 0 aliphatic carbocycles. The molecular formula is C10H16N2O2. The second-order valence-electron chi connectivity index (χ2n) is 3.82. The summed E-state index contributed by atoms with van der Waals surface area (Å²) in [7, 11) is 0. The fourth-order valence-electron chi connectivity index (χ4n) is 1.81. The molecule has 1 amide bonds. The van der Waals surface area contributed by atoms with Gasteiger partial charge in [-0.2, -0.15) is 5.26 Å². The summed E-state index contributed by atoms with van der Waals surface area (Å²) in [5, 5.41) is 17.8. The first-order chi connectivity index (χ1) is 6.65. The standard InChI is InChI=1S/C10H16N2O2/c1-8(13)9-3-2-6-12(7-9)10(14)4-5-11/h8-9,13H,2-4,6-7H2,1H3. The van der Waals surface area contributed by atoms with Crippen LogP contribution in [-0.2, 0) is 4.79 Å². The third kappa shape index (κ3) is 2.71. The third-order valence-corrected chi connectivity index (χ3v) is 2.72. The van der Waals surface area contributed by atoms with E-state index in [4.69, 9.17) is 5.26 Å². The molecule has 0 saturated carbocycles. The molecular weight excluding hydrogens is 180 g/mol. The van der Waals surface area contributed by atoms with Crippen molar-refractivity contribution in [2.45, 2.75) is 32.3 Å². The number of hydrogen-bond acceptors (Lipinski definition) is 3. The van der Waals surface area contributed by atoms with Crippen molar-refractivity contribution in [2.24, 2.45) is 5.92 Å². The summed E-state index contributed by atoms with van der Waals surface area (Å²) < 4.78 is 0. The summed E-state index contributed by atoms with van der Waals surface area (Å²) in [6.45, 7) is 3.07. The maximum atomic E-state index is 11.4. The fourth-order valence-corrected chi connectivity index (χ4v) is 1.81. The van der Waals surface area contributed by atoms with Gasteiger partial charge in [-0.25, -0.2) is 0 Å². The summed E-state index contributed by atoms with van der Waals surface area (Å²) in [6.07, 6.45) is 1.47. The van der Waals surface area contributed by atoms with Crippen LogP contribution in [0.1, 0.15) is 26.2 Å². The lowest BCUT2D eigenvalue weighted by molar-refractivity contribution is -0.132. The van der Waals surface area contributed by atoms with Gasteiger partial charge in [-0.1, -0.05) is 0 Å². The van der Waals surface area contributed by atoms with E-state index in [9.17, 15) is 9.90 Å². The number of amides is 1. The molecule has 14 heavy (non-hydrogen) atoms. The topological polar surface area (TPSA) is 64.3 Å². The van der Waals surface area contributed by atoms with E-state index in [1.54, 1.807) is 11.8 Å². The van der Waals surface area contributed by atoms with Gasteiger partial charge in [-0.15, -0.1) is 0 Å². The first kappa shape index (κ1) is 11.0. The Balaban J connectivity index is 2.48. The minimum absolute atomic E-state index is 0.0491. The van der Waals surface area contributed by atoms with Crippen LogP contribution in [0.2, 0.25) is 0 Å². The number of aliphatic hydroxyl groups is 1. The number of nitriles is 1. The number of carbonyl (C=O) groups is 1. The van der Waals surface area contributed by atoms with E-state index in [-0.39, 0.29) is 24.3 Å². The number of likely N-dealkylation sites (tertiary alicyclic amines) is 1. The van der Waals surface area contributed by atoms with Crippen molar-refractivity contribution >= 4 is 5.91 Å². The van der Waals surface area contributed by atoms with Crippen molar-refractivity contribution in [1.29, 1.82) is 5.26 Å². The Labute approximate surface area is 84.1 Å². The van der Waals surface area contributed by atoms with Crippen LogP contribution in [0.15, 0.2) is 0 Å². The molecule has 0 aromatic rings. The highest BCUT2D eigenvalue weighted by Crippen LogP contribution is 2.19. The zero-order valence-corrected chi connectivity index (χ0v) is 8.44. The molecule has 78 valence electrons. The molecule has 1 fully saturated rings. The maximum Gasteiger partial charge on any atom is 0.236 e. The van der Waals surface area contributed by atoms with Crippen LogP contribution in [0, 0.1) is 17.2 Å².